The molecule has 0 bridgehead atoms. The van der Waals surface area contributed by atoms with Gasteiger partial charge in [0.05, 0.1) is 22.2 Å². The number of benzene rings is 1. The zero-order valence-electron chi connectivity index (χ0n) is 9.54. The van der Waals surface area contributed by atoms with Crippen LogP contribution in [-0.2, 0) is 9.63 Å². The van der Waals surface area contributed by atoms with E-state index in [9.17, 15) is 4.79 Å². The molecule has 0 fully saturated rings. The zero-order valence-corrected chi connectivity index (χ0v) is 11.0. The first-order valence-corrected chi connectivity index (χ1v) is 6.06. The number of hydrogen-bond donors (Lipinski definition) is 2. The standard InChI is InChI=1S/C12H11Cl2NO3/c1-6-8(5-11(16)17)12(15-18-6)7-2-3-9(13)10(14)4-7/h2-4,6,15H,5H2,1H3,(H,16,17). The monoisotopic (exact) mass is 287 g/mol. The molecule has 1 atom stereocenters. The van der Waals surface area contributed by atoms with E-state index in [4.69, 9.17) is 33.1 Å². The van der Waals surface area contributed by atoms with Gasteiger partial charge >= 0.3 is 5.97 Å². The van der Waals surface area contributed by atoms with Crippen molar-refractivity contribution in [1.29, 1.82) is 0 Å². The summed E-state index contributed by atoms with van der Waals surface area (Å²) < 4.78 is 0. The van der Waals surface area contributed by atoms with E-state index >= 15 is 0 Å². The first-order chi connectivity index (χ1) is 8.49. The molecule has 0 saturated carbocycles. The summed E-state index contributed by atoms with van der Waals surface area (Å²) in [5, 5.41) is 9.76. The van der Waals surface area contributed by atoms with Gasteiger partial charge in [0.15, 0.2) is 0 Å². The molecule has 0 aromatic heterocycles. The number of hydrogen-bond acceptors (Lipinski definition) is 3. The summed E-state index contributed by atoms with van der Waals surface area (Å²) in [7, 11) is 0. The molecule has 1 aliphatic heterocycles. The molecule has 4 nitrogen and oxygen atoms in total. The van der Waals surface area contributed by atoms with Crippen LogP contribution in [0.3, 0.4) is 0 Å². The van der Waals surface area contributed by atoms with Crippen molar-refractivity contribution in [3.05, 3.63) is 39.4 Å². The third-order valence-corrected chi connectivity index (χ3v) is 3.44. The smallest absolute Gasteiger partial charge is 0.307 e. The fraction of sp³-hybridized carbons (Fsp3) is 0.250. The third-order valence-electron chi connectivity index (χ3n) is 2.70. The van der Waals surface area contributed by atoms with E-state index in [0.29, 0.717) is 21.3 Å². The number of carboxylic acid groups (broad SMARTS) is 1. The zero-order chi connectivity index (χ0) is 13.3. The average molecular weight is 288 g/mol. The van der Waals surface area contributed by atoms with Crippen molar-refractivity contribution in [2.24, 2.45) is 0 Å². The molecule has 0 saturated heterocycles. The summed E-state index contributed by atoms with van der Waals surface area (Å²) in [4.78, 5) is 16.1. The van der Waals surface area contributed by atoms with E-state index < -0.39 is 5.97 Å². The molecule has 2 rings (SSSR count). The maximum atomic E-state index is 10.8. The van der Waals surface area contributed by atoms with Gasteiger partial charge in [-0.15, -0.1) is 0 Å². The Morgan fingerprint density at radius 2 is 2.17 bits per heavy atom. The van der Waals surface area contributed by atoms with Gasteiger partial charge in [-0.1, -0.05) is 29.3 Å². The van der Waals surface area contributed by atoms with Crippen LogP contribution in [0.2, 0.25) is 10.0 Å². The lowest BCUT2D eigenvalue weighted by molar-refractivity contribution is -0.136. The second kappa shape index (κ2) is 5.18. The molecule has 1 aromatic rings. The molecule has 96 valence electrons. The molecular weight excluding hydrogens is 277 g/mol. The van der Waals surface area contributed by atoms with Crippen molar-refractivity contribution in [3.8, 4) is 0 Å². The number of rotatable bonds is 3. The predicted octanol–water partition coefficient (Wildman–Crippen LogP) is 3.10. The third kappa shape index (κ3) is 2.61. The topological polar surface area (TPSA) is 58.6 Å². The molecule has 1 aromatic carbocycles. The van der Waals surface area contributed by atoms with E-state index in [1.807, 2.05) is 0 Å². The van der Waals surface area contributed by atoms with E-state index in [1.165, 1.54) is 0 Å². The Morgan fingerprint density at radius 1 is 1.44 bits per heavy atom. The van der Waals surface area contributed by atoms with Crippen molar-refractivity contribution < 1.29 is 14.7 Å². The van der Waals surface area contributed by atoms with Crippen molar-refractivity contribution in [1.82, 2.24) is 5.48 Å². The van der Waals surface area contributed by atoms with Crippen LogP contribution in [0.4, 0.5) is 0 Å². The van der Waals surface area contributed by atoms with Crippen LogP contribution in [0.1, 0.15) is 18.9 Å². The second-order valence-corrected chi connectivity index (χ2v) is 4.78. The molecular formula is C12H11Cl2NO3. The van der Waals surface area contributed by atoms with Gasteiger partial charge in [-0.3, -0.25) is 15.1 Å². The molecule has 0 radical (unpaired) electrons. The fourth-order valence-corrected chi connectivity index (χ4v) is 2.08. The normalized spacial score (nSPS) is 18.9. The maximum absolute atomic E-state index is 10.8. The highest BCUT2D eigenvalue weighted by molar-refractivity contribution is 6.42. The maximum Gasteiger partial charge on any atom is 0.307 e. The van der Waals surface area contributed by atoms with Gasteiger partial charge in [0, 0.05) is 5.56 Å². The van der Waals surface area contributed by atoms with Crippen molar-refractivity contribution >= 4 is 34.9 Å². The van der Waals surface area contributed by atoms with Crippen LogP contribution in [0.15, 0.2) is 23.8 Å². The quantitative estimate of drug-likeness (QED) is 0.897. The summed E-state index contributed by atoms with van der Waals surface area (Å²) >= 11 is 11.8. The Kier molecular flexibility index (Phi) is 3.80. The Bertz CT molecular complexity index is 528. The number of aliphatic carboxylic acids is 1. The largest absolute Gasteiger partial charge is 0.481 e. The summed E-state index contributed by atoms with van der Waals surface area (Å²) in [6.45, 7) is 1.79. The highest BCUT2D eigenvalue weighted by atomic mass is 35.5. The molecule has 2 N–H and O–H groups in total. The number of halogens is 2. The van der Waals surface area contributed by atoms with Crippen LogP contribution >= 0.6 is 23.2 Å². The number of carboxylic acids is 1. The van der Waals surface area contributed by atoms with Crippen LogP contribution in [0.25, 0.3) is 5.70 Å². The Balaban J connectivity index is 2.42. The molecule has 1 unspecified atom stereocenters. The second-order valence-electron chi connectivity index (χ2n) is 3.96. The van der Waals surface area contributed by atoms with Gasteiger partial charge in [0.25, 0.3) is 0 Å². The molecule has 18 heavy (non-hydrogen) atoms. The summed E-state index contributed by atoms with van der Waals surface area (Å²) in [6, 6.07) is 5.10. The highest BCUT2D eigenvalue weighted by Crippen LogP contribution is 2.31. The number of hydroxylamine groups is 1. The number of nitrogens with one attached hydrogen (secondary N) is 1. The van der Waals surface area contributed by atoms with Crippen molar-refractivity contribution in [3.63, 3.8) is 0 Å². The van der Waals surface area contributed by atoms with Crippen molar-refractivity contribution in [2.75, 3.05) is 0 Å². The number of carbonyl (C=O) groups is 1. The molecule has 0 spiro atoms. The summed E-state index contributed by atoms with van der Waals surface area (Å²) in [5.74, 6) is -0.901. The fourth-order valence-electron chi connectivity index (χ4n) is 1.78. The molecule has 1 aliphatic rings. The van der Waals surface area contributed by atoms with Crippen molar-refractivity contribution in [2.45, 2.75) is 19.4 Å². The highest BCUT2D eigenvalue weighted by Gasteiger charge is 2.25. The lowest BCUT2D eigenvalue weighted by atomic mass is 10.0. The predicted molar refractivity (Wildman–Crippen MR) is 69.3 cm³/mol. The summed E-state index contributed by atoms with van der Waals surface area (Å²) in [6.07, 6.45) is -0.366. The average Bonchev–Trinajstić information content (AvgIpc) is 2.64. The lowest BCUT2D eigenvalue weighted by Crippen LogP contribution is -2.10. The lowest BCUT2D eigenvalue weighted by Gasteiger charge is -2.06. The first-order valence-electron chi connectivity index (χ1n) is 5.31. The minimum absolute atomic E-state index is 0.0796. The van der Waals surface area contributed by atoms with Crippen LogP contribution < -0.4 is 5.48 Å². The van der Waals surface area contributed by atoms with Gasteiger partial charge in [0.2, 0.25) is 0 Å². The minimum atomic E-state index is -0.901. The SMILES string of the molecule is CC1ONC(c2ccc(Cl)c(Cl)c2)=C1CC(=O)O. The molecule has 0 amide bonds. The van der Waals surface area contributed by atoms with Gasteiger partial charge in [-0.25, -0.2) is 0 Å². The molecule has 1 heterocycles. The first kappa shape index (κ1) is 13.2. The molecule has 0 aliphatic carbocycles. The molecule has 6 heteroatoms. The van der Waals surface area contributed by atoms with E-state index in [2.05, 4.69) is 5.48 Å². The van der Waals surface area contributed by atoms with Crippen LogP contribution in [0, 0.1) is 0 Å². The Hall–Kier alpha value is -1.23. The van der Waals surface area contributed by atoms with Gasteiger partial charge in [-0.2, -0.15) is 0 Å². The van der Waals surface area contributed by atoms with Gasteiger partial charge in [-0.05, 0) is 24.6 Å². The van der Waals surface area contributed by atoms with Crippen LogP contribution in [-0.4, -0.2) is 17.2 Å². The van der Waals surface area contributed by atoms with E-state index in [1.54, 1.807) is 25.1 Å². The Morgan fingerprint density at radius 3 is 2.78 bits per heavy atom. The van der Waals surface area contributed by atoms with Gasteiger partial charge < -0.3 is 5.11 Å². The summed E-state index contributed by atoms with van der Waals surface area (Å²) in [5.41, 5.74) is 4.82. The Labute approximate surface area is 114 Å². The van der Waals surface area contributed by atoms with E-state index in [-0.39, 0.29) is 12.5 Å². The van der Waals surface area contributed by atoms with Gasteiger partial charge in [0.1, 0.15) is 6.10 Å². The van der Waals surface area contributed by atoms with E-state index in [0.717, 1.165) is 5.56 Å². The minimum Gasteiger partial charge on any atom is -0.481 e. The van der Waals surface area contributed by atoms with Crippen LogP contribution in [0.5, 0.6) is 0 Å².